The van der Waals surface area contributed by atoms with E-state index in [9.17, 15) is 9.90 Å². The molecule has 1 amide bonds. The molecule has 94 valence electrons. The molecule has 0 aromatic carbocycles. The highest BCUT2D eigenvalue weighted by molar-refractivity contribution is 5.90. The Balaban J connectivity index is 2.10. The number of unbranched alkanes of at least 4 members (excludes halogenated alkanes) is 1. The lowest BCUT2D eigenvalue weighted by atomic mass is 10.1. The molecular formula is C13H20N2O2. The van der Waals surface area contributed by atoms with E-state index >= 15 is 0 Å². The van der Waals surface area contributed by atoms with Crippen LogP contribution in [0.25, 0.3) is 0 Å². The maximum atomic E-state index is 11.3. The summed E-state index contributed by atoms with van der Waals surface area (Å²) in [7, 11) is 0. The van der Waals surface area contributed by atoms with Crippen LogP contribution < -0.4 is 0 Å². The Hall–Kier alpha value is -1.42. The van der Waals surface area contributed by atoms with E-state index in [1.54, 1.807) is 0 Å². The first-order chi connectivity index (χ1) is 8.15. The number of hydrogen-bond acceptors (Lipinski definition) is 3. The summed E-state index contributed by atoms with van der Waals surface area (Å²) in [4.78, 5) is 16.5. The summed E-state index contributed by atoms with van der Waals surface area (Å²) in [5.74, 6) is -0.104. The van der Waals surface area contributed by atoms with Crippen molar-refractivity contribution in [3.8, 4) is 0 Å². The highest BCUT2D eigenvalue weighted by Crippen LogP contribution is 2.13. The van der Waals surface area contributed by atoms with E-state index in [2.05, 4.69) is 18.3 Å². The largest absolute Gasteiger partial charge is 0.370 e. The zero-order chi connectivity index (χ0) is 12.7. The Kier molecular flexibility index (Phi) is 5.63. The highest BCUT2D eigenvalue weighted by atomic mass is 16.3. The van der Waals surface area contributed by atoms with Gasteiger partial charge in [-0.25, -0.2) is 0 Å². The minimum atomic E-state index is -0.740. The summed E-state index contributed by atoms with van der Waals surface area (Å²) in [6.45, 7) is 8.71. The lowest BCUT2D eigenvalue weighted by Gasteiger charge is -2.20. The van der Waals surface area contributed by atoms with E-state index in [1.165, 1.54) is 22.6 Å². The van der Waals surface area contributed by atoms with Crippen molar-refractivity contribution < 1.29 is 9.90 Å². The second-order valence-corrected chi connectivity index (χ2v) is 4.21. The van der Waals surface area contributed by atoms with Gasteiger partial charge in [0.2, 0.25) is 5.91 Å². The molecule has 0 saturated heterocycles. The predicted octanol–water partition coefficient (Wildman–Crippen LogP) is 1.52. The van der Waals surface area contributed by atoms with Gasteiger partial charge >= 0.3 is 0 Å². The van der Waals surface area contributed by atoms with Gasteiger partial charge in [-0.3, -0.25) is 4.79 Å². The molecule has 0 fully saturated rings. The molecule has 1 heterocycles. The Morgan fingerprint density at radius 2 is 2.24 bits per heavy atom. The van der Waals surface area contributed by atoms with Gasteiger partial charge in [0.25, 0.3) is 0 Å². The van der Waals surface area contributed by atoms with Gasteiger partial charge < -0.3 is 15.0 Å². The van der Waals surface area contributed by atoms with Crippen molar-refractivity contribution in [1.82, 2.24) is 4.90 Å². The van der Waals surface area contributed by atoms with Gasteiger partial charge in [-0.15, -0.1) is 0 Å². The molecule has 0 aromatic heterocycles. The van der Waals surface area contributed by atoms with Gasteiger partial charge in [0, 0.05) is 19.2 Å². The predicted molar refractivity (Wildman–Crippen MR) is 68.9 cm³/mol. The van der Waals surface area contributed by atoms with Crippen molar-refractivity contribution >= 4 is 12.6 Å². The quantitative estimate of drug-likeness (QED) is 0.394. The third-order valence-electron chi connectivity index (χ3n) is 2.82. The third-order valence-corrected chi connectivity index (χ3v) is 2.82. The molecule has 0 aliphatic carbocycles. The Morgan fingerprint density at radius 3 is 2.82 bits per heavy atom. The molecule has 17 heavy (non-hydrogen) atoms. The molecule has 4 heteroatoms. The maximum Gasteiger partial charge on any atom is 0.248 e. The molecule has 4 nitrogen and oxygen atoms in total. The van der Waals surface area contributed by atoms with Crippen LogP contribution >= 0.6 is 0 Å². The molecule has 0 radical (unpaired) electrons. The minimum absolute atomic E-state index is 0.104. The van der Waals surface area contributed by atoms with Crippen LogP contribution in [0.5, 0.6) is 0 Å². The molecule has 1 N–H and O–H groups in total. The number of carbonyl (C=O) groups is 1. The number of carbonyl (C=O) groups excluding carboxylic acids is 1. The van der Waals surface area contributed by atoms with Crippen LogP contribution in [0, 0.1) is 0 Å². The van der Waals surface area contributed by atoms with E-state index in [-0.39, 0.29) is 5.91 Å². The molecule has 0 saturated carbocycles. The molecule has 0 bridgehead atoms. The lowest BCUT2D eigenvalue weighted by Crippen LogP contribution is -2.34. The monoisotopic (exact) mass is 236 g/mol. The fraction of sp³-hybridized carbons (Fsp3) is 0.538. The van der Waals surface area contributed by atoms with Gasteiger partial charge in [0.05, 0.1) is 0 Å². The normalized spacial score (nSPS) is 18.8. The van der Waals surface area contributed by atoms with Crippen molar-refractivity contribution in [2.24, 2.45) is 4.99 Å². The number of aliphatic hydroxyl groups excluding tert-OH is 1. The van der Waals surface area contributed by atoms with Crippen LogP contribution in [0.3, 0.4) is 0 Å². The van der Waals surface area contributed by atoms with Crippen LogP contribution in [0.4, 0.5) is 0 Å². The summed E-state index contributed by atoms with van der Waals surface area (Å²) < 4.78 is 0. The number of aliphatic imine (C=N–C) groups is 1. The molecule has 1 atom stereocenters. The first-order valence-corrected chi connectivity index (χ1v) is 5.91. The third kappa shape index (κ3) is 4.53. The number of nitrogens with zero attached hydrogens (tertiary/aromatic N) is 2. The summed E-state index contributed by atoms with van der Waals surface area (Å²) in [5.41, 5.74) is 1.17. The van der Waals surface area contributed by atoms with E-state index in [0.717, 1.165) is 32.2 Å². The van der Waals surface area contributed by atoms with Gasteiger partial charge in [0.15, 0.2) is 0 Å². The zero-order valence-corrected chi connectivity index (χ0v) is 10.1. The first-order valence-electron chi connectivity index (χ1n) is 5.91. The Labute approximate surface area is 102 Å². The number of amides is 1. The van der Waals surface area contributed by atoms with Crippen LogP contribution in [0.2, 0.25) is 0 Å². The van der Waals surface area contributed by atoms with E-state index < -0.39 is 6.23 Å². The van der Waals surface area contributed by atoms with Crippen molar-refractivity contribution in [3.63, 3.8) is 0 Å². The second kappa shape index (κ2) is 7.01. The number of rotatable bonds is 8. The molecule has 0 aromatic rings. The van der Waals surface area contributed by atoms with Crippen molar-refractivity contribution in [2.75, 3.05) is 13.1 Å². The number of hydrogen-bond donors (Lipinski definition) is 1. The standard InChI is InChI=1S/C13H20N2O2/c1-11(8-9-14-2)5-3-4-10-15-12(16)6-7-13(15)17/h6-7,12,16H,1-5,8-10H2. The van der Waals surface area contributed by atoms with Crippen LogP contribution in [-0.2, 0) is 4.79 Å². The molecule has 0 spiro atoms. The second-order valence-electron chi connectivity index (χ2n) is 4.21. The van der Waals surface area contributed by atoms with E-state index in [4.69, 9.17) is 0 Å². The summed E-state index contributed by atoms with van der Waals surface area (Å²) in [5, 5.41) is 9.47. The van der Waals surface area contributed by atoms with Gasteiger partial charge in [0.1, 0.15) is 6.23 Å². The number of aliphatic hydroxyl groups is 1. The van der Waals surface area contributed by atoms with Crippen molar-refractivity contribution in [2.45, 2.75) is 31.9 Å². The van der Waals surface area contributed by atoms with Gasteiger partial charge in [-0.1, -0.05) is 12.2 Å². The van der Waals surface area contributed by atoms with Gasteiger partial charge in [-0.05, 0) is 38.5 Å². The first kappa shape index (κ1) is 13.6. The fourth-order valence-electron chi connectivity index (χ4n) is 1.76. The van der Waals surface area contributed by atoms with Crippen LogP contribution in [0.15, 0.2) is 29.3 Å². The van der Waals surface area contributed by atoms with Gasteiger partial charge in [-0.2, -0.15) is 0 Å². The highest BCUT2D eigenvalue weighted by Gasteiger charge is 2.22. The van der Waals surface area contributed by atoms with Crippen molar-refractivity contribution in [1.29, 1.82) is 0 Å². The average molecular weight is 236 g/mol. The zero-order valence-electron chi connectivity index (χ0n) is 10.1. The Bertz CT molecular complexity index is 323. The molecule has 1 unspecified atom stereocenters. The lowest BCUT2D eigenvalue weighted by molar-refractivity contribution is -0.130. The minimum Gasteiger partial charge on any atom is -0.370 e. The summed E-state index contributed by atoms with van der Waals surface area (Å²) in [6.07, 6.45) is 5.88. The molecular weight excluding hydrogens is 216 g/mol. The topological polar surface area (TPSA) is 52.9 Å². The van der Waals surface area contributed by atoms with E-state index in [1.807, 2.05) is 0 Å². The molecule has 1 aliphatic heterocycles. The molecule has 1 rings (SSSR count). The smallest absolute Gasteiger partial charge is 0.248 e. The van der Waals surface area contributed by atoms with E-state index in [0.29, 0.717) is 6.54 Å². The Morgan fingerprint density at radius 1 is 1.47 bits per heavy atom. The molecule has 1 aliphatic rings. The summed E-state index contributed by atoms with van der Waals surface area (Å²) in [6, 6.07) is 0. The SMILES string of the molecule is C=NCCC(=C)CCCCN1C(=O)C=CC1O. The summed E-state index contributed by atoms with van der Waals surface area (Å²) >= 11 is 0. The average Bonchev–Trinajstić information content (AvgIpc) is 2.62. The van der Waals surface area contributed by atoms with Crippen molar-refractivity contribution in [3.05, 3.63) is 24.3 Å². The van der Waals surface area contributed by atoms with Crippen LogP contribution in [0.1, 0.15) is 25.7 Å². The van der Waals surface area contributed by atoms with Crippen LogP contribution in [-0.4, -0.2) is 41.9 Å². The fourth-order valence-corrected chi connectivity index (χ4v) is 1.76. The maximum absolute atomic E-state index is 11.3.